The van der Waals surface area contributed by atoms with Gasteiger partial charge in [-0.1, -0.05) is 5.16 Å². The third-order valence-electron chi connectivity index (χ3n) is 4.40. The molecule has 1 aliphatic rings. The number of carbonyl (C=O) groups excluding carboxylic acids is 1. The van der Waals surface area contributed by atoms with Gasteiger partial charge in [0.25, 0.3) is 11.8 Å². The monoisotopic (exact) mass is 357 g/mol. The third-order valence-corrected chi connectivity index (χ3v) is 4.40. The van der Waals surface area contributed by atoms with Crippen LogP contribution in [0.25, 0.3) is 11.4 Å². The Morgan fingerprint density at radius 3 is 2.85 bits per heavy atom. The van der Waals surface area contributed by atoms with Gasteiger partial charge in [-0.25, -0.2) is 4.39 Å². The van der Waals surface area contributed by atoms with Gasteiger partial charge in [-0.15, -0.1) is 0 Å². The Labute approximate surface area is 148 Å². The molecule has 8 nitrogen and oxygen atoms in total. The van der Waals surface area contributed by atoms with Crippen LogP contribution < -0.4 is 4.74 Å². The van der Waals surface area contributed by atoms with Crippen molar-refractivity contribution in [2.75, 3.05) is 20.2 Å². The number of nitrogens with one attached hydrogen (secondary N) is 1. The summed E-state index contributed by atoms with van der Waals surface area (Å²) in [5.41, 5.74) is -0.862. The van der Waals surface area contributed by atoms with E-state index in [-0.39, 0.29) is 37.1 Å². The van der Waals surface area contributed by atoms with Crippen LogP contribution in [0.1, 0.15) is 22.8 Å². The molecule has 4 rings (SSSR count). The van der Waals surface area contributed by atoms with Crippen LogP contribution in [-0.2, 0) is 5.67 Å². The molecule has 3 aromatic rings. The van der Waals surface area contributed by atoms with Crippen molar-refractivity contribution in [3.8, 4) is 17.1 Å². The number of aromatic amines is 1. The van der Waals surface area contributed by atoms with Crippen LogP contribution in [0.3, 0.4) is 0 Å². The minimum atomic E-state index is -1.87. The second-order valence-electron chi connectivity index (χ2n) is 6.06. The first kappa shape index (κ1) is 16.2. The minimum Gasteiger partial charge on any atom is -0.497 e. The molecule has 0 bridgehead atoms. The van der Waals surface area contributed by atoms with Crippen LogP contribution in [0, 0.1) is 0 Å². The molecular weight excluding hydrogens is 341 g/mol. The number of H-pyrrole nitrogens is 1. The predicted molar refractivity (Wildman–Crippen MR) is 88.2 cm³/mol. The summed E-state index contributed by atoms with van der Waals surface area (Å²) < 4.78 is 25.6. The summed E-state index contributed by atoms with van der Waals surface area (Å²) in [5, 5.41) is 10.2. The van der Waals surface area contributed by atoms with Gasteiger partial charge in [0.1, 0.15) is 11.4 Å². The number of alkyl halides is 1. The van der Waals surface area contributed by atoms with E-state index < -0.39 is 5.67 Å². The van der Waals surface area contributed by atoms with E-state index in [0.29, 0.717) is 17.0 Å². The van der Waals surface area contributed by atoms with Gasteiger partial charge in [0.2, 0.25) is 11.5 Å². The standard InChI is InChI=1S/C17H16FN5O3/c1-25-12-4-2-11(3-5-12)14-20-16(26-22-14)17(18)7-9-23(10-17)15(24)13-6-8-19-21-13/h2-6,8H,7,9-10H2,1H3,(H,19,21). The van der Waals surface area contributed by atoms with Crippen LogP contribution in [-0.4, -0.2) is 51.3 Å². The van der Waals surface area contributed by atoms with Crippen molar-refractivity contribution >= 4 is 5.91 Å². The van der Waals surface area contributed by atoms with E-state index in [9.17, 15) is 4.79 Å². The number of benzene rings is 1. The Bertz CT molecular complexity index is 909. The maximum Gasteiger partial charge on any atom is 0.271 e. The number of rotatable bonds is 4. The van der Waals surface area contributed by atoms with Crippen LogP contribution in [0.2, 0.25) is 0 Å². The molecule has 3 heterocycles. The number of carbonyl (C=O) groups is 1. The van der Waals surface area contributed by atoms with Crippen molar-refractivity contribution in [2.24, 2.45) is 0 Å². The van der Waals surface area contributed by atoms with Crippen LogP contribution in [0.15, 0.2) is 41.1 Å². The second-order valence-corrected chi connectivity index (χ2v) is 6.06. The van der Waals surface area contributed by atoms with E-state index in [1.165, 1.54) is 11.1 Å². The lowest BCUT2D eigenvalue weighted by atomic mass is 10.1. The van der Waals surface area contributed by atoms with Crippen LogP contribution >= 0.6 is 0 Å². The molecule has 1 aromatic carbocycles. The largest absolute Gasteiger partial charge is 0.497 e. The minimum absolute atomic E-state index is 0.0944. The van der Waals surface area contributed by atoms with E-state index in [2.05, 4.69) is 20.3 Å². The SMILES string of the molecule is COc1ccc(-c2noc(C3(F)CCN(C(=O)c4ccn[nH]4)C3)n2)cc1. The zero-order valence-corrected chi connectivity index (χ0v) is 14.0. The van der Waals surface area contributed by atoms with Gasteiger partial charge in [0, 0.05) is 24.7 Å². The first-order chi connectivity index (χ1) is 12.6. The molecule has 1 saturated heterocycles. The Morgan fingerprint density at radius 2 is 2.15 bits per heavy atom. The molecular formula is C17H16FN5O3. The highest BCUT2D eigenvalue weighted by atomic mass is 19.1. The normalized spacial score (nSPS) is 19.7. The molecule has 26 heavy (non-hydrogen) atoms. The Kier molecular flexibility index (Phi) is 3.90. The number of nitrogens with zero attached hydrogens (tertiary/aromatic N) is 4. The van der Waals surface area contributed by atoms with Crippen molar-refractivity contribution in [3.63, 3.8) is 0 Å². The summed E-state index contributed by atoms with van der Waals surface area (Å²) >= 11 is 0. The highest BCUT2D eigenvalue weighted by Gasteiger charge is 2.46. The zero-order valence-electron chi connectivity index (χ0n) is 14.0. The molecule has 2 aromatic heterocycles. The predicted octanol–water partition coefficient (Wildman–Crippen LogP) is 2.18. The second kappa shape index (κ2) is 6.25. The molecule has 9 heteroatoms. The lowest BCUT2D eigenvalue weighted by molar-refractivity contribution is 0.0711. The molecule has 1 fully saturated rings. The lowest BCUT2D eigenvalue weighted by Gasteiger charge is -2.17. The number of amides is 1. The van der Waals surface area contributed by atoms with E-state index in [1.54, 1.807) is 37.4 Å². The van der Waals surface area contributed by atoms with Crippen molar-refractivity contribution in [1.29, 1.82) is 0 Å². The number of halogens is 1. The van der Waals surface area contributed by atoms with Gasteiger partial charge in [-0.3, -0.25) is 9.89 Å². The molecule has 0 aliphatic carbocycles. The molecule has 0 saturated carbocycles. The molecule has 0 spiro atoms. The van der Waals surface area contributed by atoms with E-state index >= 15 is 4.39 Å². The molecule has 1 atom stereocenters. The molecule has 1 unspecified atom stereocenters. The molecule has 1 N–H and O–H groups in total. The smallest absolute Gasteiger partial charge is 0.271 e. The van der Waals surface area contributed by atoms with E-state index in [4.69, 9.17) is 9.26 Å². The van der Waals surface area contributed by atoms with Gasteiger partial charge < -0.3 is 14.2 Å². The number of hydrogen-bond acceptors (Lipinski definition) is 6. The summed E-state index contributed by atoms with van der Waals surface area (Å²) in [6.07, 6.45) is 1.57. The number of aromatic nitrogens is 4. The van der Waals surface area contributed by atoms with Gasteiger partial charge >= 0.3 is 0 Å². The maximum absolute atomic E-state index is 15.3. The topological polar surface area (TPSA) is 97.1 Å². The van der Waals surface area contributed by atoms with Gasteiger partial charge in [0.05, 0.1) is 13.7 Å². The molecule has 1 aliphatic heterocycles. The Hall–Kier alpha value is -3.23. The van der Waals surface area contributed by atoms with Crippen molar-refractivity contribution in [1.82, 2.24) is 25.2 Å². The van der Waals surface area contributed by atoms with Crippen molar-refractivity contribution < 1.29 is 18.4 Å². The number of likely N-dealkylation sites (tertiary alicyclic amines) is 1. The molecule has 134 valence electrons. The fourth-order valence-electron chi connectivity index (χ4n) is 2.93. The van der Waals surface area contributed by atoms with Gasteiger partial charge in [0.15, 0.2) is 0 Å². The fraction of sp³-hybridized carbons (Fsp3) is 0.294. The van der Waals surface area contributed by atoms with Gasteiger partial charge in [-0.2, -0.15) is 10.1 Å². The number of ether oxygens (including phenoxy) is 1. The Balaban J connectivity index is 1.52. The van der Waals surface area contributed by atoms with Crippen molar-refractivity contribution in [3.05, 3.63) is 48.1 Å². The highest BCUT2D eigenvalue weighted by Crippen LogP contribution is 2.36. The third kappa shape index (κ3) is 2.81. The lowest BCUT2D eigenvalue weighted by Crippen LogP contribution is -2.32. The number of methoxy groups -OCH3 is 1. The molecule has 0 radical (unpaired) electrons. The zero-order chi connectivity index (χ0) is 18.1. The highest BCUT2D eigenvalue weighted by molar-refractivity contribution is 5.92. The Morgan fingerprint density at radius 1 is 1.35 bits per heavy atom. The maximum atomic E-state index is 15.3. The van der Waals surface area contributed by atoms with E-state index in [0.717, 1.165) is 0 Å². The average Bonchev–Trinajstić information content (AvgIpc) is 3.42. The summed E-state index contributed by atoms with van der Waals surface area (Å²) in [4.78, 5) is 17.9. The summed E-state index contributed by atoms with van der Waals surface area (Å²) in [5.74, 6) is 0.557. The summed E-state index contributed by atoms with van der Waals surface area (Å²) in [6.45, 7) is 0.115. The fourth-order valence-corrected chi connectivity index (χ4v) is 2.93. The van der Waals surface area contributed by atoms with Crippen LogP contribution in [0.5, 0.6) is 5.75 Å². The molecule has 1 amide bonds. The first-order valence-corrected chi connectivity index (χ1v) is 8.05. The number of hydrogen-bond donors (Lipinski definition) is 1. The van der Waals surface area contributed by atoms with Gasteiger partial charge in [-0.05, 0) is 30.3 Å². The first-order valence-electron chi connectivity index (χ1n) is 8.05. The van der Waals surface area contributed by atoms with E-state index in [1.807, 2.05) is 0 Å². The average molecular weight is 357 g/mol. The quantitative estimate of drug-likeness (QED) is 0.769. The summed E-state index contributed by atoms with van der Waals surface area (Å²) in [6, 6.07) is 8.60. The van der Waals surface area contributed by atoms with Crippen molar-refractivity contribution in [2.45, 2.75) is 12.1 Å². The van der Waals surface area contributed by atoms with Crippen LogP contribution in [0.4, 0.5) is 4.39 Å². The summed E-state index contributed by atoms with van der Waals surface area (Å²) in [7, 11) is 1.57.